The average molecular weight is 360 g/mol. The van der Waals surface area contributed by atoms with Gasteiger partial charge in [-0.15, -0.1) is 10.2 Å². The Morgan fingerprint density at radius 3 is 2.67 bits per heavy atom. The van der Waals surface area contributed by atoms with Gasteiger partial charge in [0.1, 0.15) is 0 Å². The maximum Gasteiger partial charge on any atom is 0.210 e. The molecule has 0 atom stereocenters. The summed E-state index contributed by atoms with van der Waals surface area (Å²) in [5, 5.41) is 9.84. The Balaban J connectivity index is 1.81. The van der Waals surface area contributed by atoms with Crippen LogP contribution in [-0.4, -0.2) is 29.0 Å². The molecule has 0 aliphatic heterocycles. The van der Waals surface area contributed by atoms with Crippen molar-refractivity contribution in [3.63, 3.8) is 0 Å². The molecule has 0 unspecified atom stereocenters. The van der Waals surface area contributed by atoms with Gasteiger partial charge in [-0.2, -0.15) is 0 Å². The first-order valence-corrected chi connectivity index (χ1v) is 8.77. The second-order valence-electron chi connectivity index (χ2n) is 5.50. The standard InChI is InChI=1S/C17H18ClN5S/c1-22(2)14-8-5-7-12(10-14)16-20-21-17(23(16)19)24-11-13-6-3-4-9-15(13)18/h3-10H,11,19H2,1-2H3. The van der Waals surface area contributed by atoms with Crippen molar-refractivity contribution in [1.29, 1.82) is 0 Å². The van der Waals surface area contributed by atoms with Crippen molar-refractivity contribution in [1.82, 2.24) is 14.9 Å². The summed E-state index contributed by atoms with van der Waals surface area (Å²) >= 11 is 7.70. The first-order chi connectivity index (χ1) is 11.6. The minimum absolute atomic E-state index is 0.639. The topological polar surface area (TPSA) is 60.0 Å². The molecule has 3 aromatic rings. The minimum atomic E-state index is 0.639. The Hall–Kier alpha value is -2.18. The summed E-state index contributed by atoms with van der Waals surface area (Å²) in [6.45, 7) is 0. The molecule has 2 N–H and O–H groups in total. The number of hydrogen-bond acceptors (Lipinski definition) is 5. The van der Waals surface area contributed by atoms with Gasteiger partial charge in [-0.25, -0.2) is 4.68 Å². The normalized spacial score (nSPS) is 10.8. The highest BCUT2D eigenvalue weighted by atomic mass is 35.5. The number of benzene rings is 2. The summed E-state index contributed by atoms with van der Waals surface area (Å²) in [7, 11) is 3.99. The molecule has 0 saturated heterocycles. The molecule has 0 radical (unpaired) electrons. The second-order valence-corrected chi connectivity index (χ2v) is 6.85. The van der Waals surface area contributed by atoms with E-state index in [0.29, 0.717) is 16.7 Å². The number of halogens is 1. The molecule has 0 bridgehead atoms. The summed E-state index contributed by atoms with van der Waals surface area (Å²) < 4.78 is 1.52. The molecule has 0 spiro atoms. The molecule has 0 saturated carbocycles. The highest BCUT2D eigenvalue weighted by Crippen LogP contribution is 2.28. The fourth-order valence-corrected chi connectivity index (χ4v) is 3.40. The number of nitrogens with two attached hydrogens (primary N) is 1. The summed E-state index contributed by atoms with van der Waals surface area (Å²) in [5.41, 5.74) is 3.06. The van der Waals surface area contributed by atoms with Crippen LogP contribution in [0.5, 0.6) is 0 Å². The third-order valence-corrected chi connectivity index (χ3v) is 4.96. The highest BCUT2D eigenvalue weighted by Gasteiger charge is 2.13. The van der Waals surface area contributed by atoms with Crippen molar-refractivity contribution < 1.29 is 0 Å². The second kappa shape index (κ2) is 7.15. The van der Waals surface area contributed by atoms with Gasteiger partial charge in [0, 0.05) is 36.1 Å². The Kier molecular flexibility index (Phi) is 4.97. The van der Waals surface area contributed by atoms with Crippen LogP contribution in [0.2, 0.25) is 5.02 Å². The molecule has 0 aliphatic carbocycles. The number of anilines is 1. The lowest BCUT2D eigenvalue weighted by atomic mass is 10.2. The molecule has 1 heterocycles. The number of hydrogen-bond donors (Lipinski definition) is 1. The number of aromatic nitrogens is 3. The molecule has 2 aromatic carbocycles. The quantitative estimate of drug-likeness (QED) is 0.556. The maximum atomic E-state index is 6.19. The lowest BCUT2D eigenvalue weighted by molar-refractivity contribution is 0.849. The van der Waals surface area contributed by atoms with E-state index in [-0.39, 0.29) is 0 Å². The smallest absolute Gasteiger partial charge is 0.210 e. The van der Waals surface area contributed by atoms with Gasteiger partial charge in [0.05, 0.1) is 0 Å². The van der Waals surface area contributed by atoms with E-state index in [9.17, 15) is 0 Å². The van der Waals surface area contributed by atoms with Gasteiger partial charge in [0.15, 0.2) is 5.82 Å². The molecular formula is C17H18ClN5S. The molecule has 124 valence electrons. The molecular weight excluding hydrogens is 342 g/mol. The minimum Gasteiger partial charge on any atom is -0.378 e. The molecule has 0 amide bonds. The first kappa shape index (κ1) is 16.7. The number of rotatable bonds is 5. The first-order valence-electron chi connectivity index (χ1n) is 7.40. The van der Waals surface area contributed by atoms with Crippen LogP contribution in [0.25, 0.3) is 11.4 Å². The Morgan fingerprint density at radius 1 is 1.12 bits per heavy atom. The van der Waals surface area contributed by atoms with Crippen molar-refractivity contribution in [2.75, 3.05) is 24.8 Å². The maximum absolute atomic E-state index is 6.19. The van der Waals surface area contributed by atoms with Crippen LogP contribution < -0.4 is 10.7 Å². The van der Waals surface area contributed by atoms with Crippen molar-refractivity contribution in [3.8, 4) is 11.4 Å². The van der Waals surface area contributed by atoms with Gasteiger partial charge in [-0.1, -0.05) is 53.7 Å². The fraction of sp³-hybridized carbons (Fsp3) is 0.176. The van der Waals surface area contributed by atoms with E-state index in [1.165, 1.54) is 16.4 Å². The third-order valence-electron chi connectivity index (χ3n) is 3.60. The SMILES string of the molecule is CN(C)c1cccc(-c2nnc(SCc3ccccc3Cl)n2N)c1. The molecule has 24 heavy (non-hydrogen) atoms. The molecule has 7 heteroatoms. The van der Waals surface area contributed by atoms with Gasteiger partial charge in [0.2, 0.25) is 5.16 Å². The number of thioether (sulfide) groups is 1. The van der Waals surface area contributed by atoms with Crippen molar-refractivity contribution in [2.45, 2.75) is 10.9 Å². The van der Waals surface area contributed by atoms with Crippen molar-refractivity contribution in [3.05, 3.63) is 59.1 Å². The zero-order chi connectivity index (χ0) is 17.1. The van der Waals surface area contributed by atoms with Crippen LogP contribution in [0.15, 0.2) is 53.7 Å². The number of nitrogen functional groups attached to an aromatic ring is 1. The van der Waals surface area contributed by atoms with Gasteiger partial charge >= 0.3 is 0 Å². The molecule has 0 fully saturated rings. The molecule has 5 nitrogen and oxygen atoms in total. The molecule has 1 aromatic heterocycles. The number of nitrogens with zero attached hydrogens (tertiary/aromatic N) is 4. The Labute approximate surface area is 150 Å². The van der Waals surface area contributed by atoms with E-state index in [1.54, 1.807) is 0 Å². The lowest BCUT2D eigenvalue weighted by Gasteiger charge is -2.13. The van der Waals surface area contributed by atoms with Crippen LogP contribution in [0.3, 0.4) is 0 Å². The highest BCUT2D eigenvalue weighted by molar-refractivity contribution is 7.98. The largest absolute Gasteiger partial charge is 0.378 e. The van der Waals surface area contributed by atoms with Crippen LogP contribution in [0.4, 0.5) is 5.69 Å². The third kappa shape index (κ3) is 3.49. The molecule has 0 aliphatic rings. The average Bonchev–Trinajstić information content (AvgIpc) is 2.95. The predicted molar refractivity (Wildman–Crippen MR) is 101 cm³/mol. The van der Waals surface area contributed by atoms with Crippen LogP contribution in [0, 0.1) is 0 Å². The monoisotopic (exact) mass is 359 g/mol. The summed E-state index contributed by atoms with van der Waals surface area (Å²) in [6.07, 6.45) is 0. The van der Waals surface area contributed by atoms with Gasteiger partial charge in [0.25, 0.3) is 0 Å². The zero-order valence-electron chi connectivity index (χ0n) is 13.5. The zero-order valence-corrected chi connectivity index (χ0v) is 15.1. The van der Waals surface area contributed by atoms with Gasteiger partial charge < -0.3 is 10.7 Å². The summed E-state index contributed by atoms with van der Waals surface area (Å²) in [6, 6.07) is 15.8. The van der Waals surface area contributed by atoms with Crippen LogP contribution in [0.1, 0.15) is 5.56 Å². The molecule has 3 rings (SSSR count). The van der Waals surface area contributed by atoms with E-state index in [1.807, 2.05) is 67.5 Å². The van der Waals surface area contributed by atoms with Crippen LogP contribution in [-0.2, 0) is 5.75 Å². The van der Waals surface area contributed by atoms with Gasteiger partial charge in [-0.3, -0.25) is 0 Å². The lowest BCUT2D eigenvalue weighted by Crippen LogP contribution is -2.12. The Bertz CT molecular complexity index is 847. The summed E-state index contributed by atoms with van der Waals surface area (Å²) in [4.78, 5) is 2.04. The fourth-order valence-electron chi connectivity index (χ4n) is 2.25. The van der Waals surface area contributed by atoms with E-state index in [4.69, 9.17) is 17.4 Å². The van der Waals surface area contributed by atoms with E-state index >= 15 is 0 Å². The van der Waals surface area contributed by atoms with Gasteiger partial charge in [-0.05, 0) is 23.8 Å². The summed E-state index contributed by atoms with van der Waals surface area (Å²) in [5.74, 6) is 7.51. The van der Waals surface area contributed by atoms with Crippen LogP contribution >= 0.6 is 23.4 Å². The van der Waals surface area contributed by atoms with Crippen molar-refractivity contribution in [2.24, 2.45) is 0 Å². The van der Waals surface area contributed by atoms with E-state index in [2.05, 4.69) is 10.2 Å². The van der Waals surface area contributed by atoms with Crippen molar-refractivity contribution >= 4 is 29.1 Å². The van der Waals surface area contributed by atoms with E-state index in [0.717, 1.165) is 21.8 Å². The Morgan fingerprint density at radius 2 is 1.92 bits per heavy atom. The van der Waals surface area contributed by atoms with E-state index < -0.39 is 0 Å². The predicted octanol–water partition coefficient (Wildman–Crippen LogP) is 3.67.